The molecule has 3 heterocycles. The van der Waals surface area contributed by atoms with E-state index in [4.69, 9.17) is 28.4 Å². The number of phenols is 1. The van der Waals surface area contributed by atoms with Gasteiger partial charge in [-0.2, -0.15) is 0 Å². The van der Waals surface area contributed by atoms with Crippen molar-refractivity contribution in [3.8, 4) is 23.0 Å². The molecule has 3 aliphatic rings. The number of aliphatic hydroxyl groups is 6. The molecule has 2 saturated heterocycles. The Morgan fingerprint density at radius 1 is 0.833 bits per heavy atom. The zero-order valence-electron chi connectivity index (χ0n) is 22.7. The van der Waals surface area contributed by atoms with E-state index in [-0.39, 0.29) is 29.3 Å². The van der Waals surface area contributed by atoms with Gasteiger partial charge in [-0.05, 0) is 24.6 Å². The van der Waals surface area contributed by atoms with Crippen LogP contribution in [0.25, 0.3) is 0 Å². The number of ketones is 1. The van der Waals surface area contributed by atoms with Crippen LogP contribution in [0.2, 0.25) is 0 Å². The molecule has 2 aromatic carbocycles. The Balaban J connectivity index is 1.29. The molecule has 0 spiro atoms. The monoisotopic (exact) mass is 594 g/mol. The minimum atomic E-state index is -1.75. The molecule has 11 atom stereocenters. The van der Waals surface area contributed by atoms with Gasteiger partial charge in [0.1, 0.15) is 77.4 Å². The molecule has 0 aliphatic carbocycles. The number of Topliss-reactive ketones (excluding diaryl/α,β-unsaturated/α-hetero) is 1. The first-order valence-corrected chi connectivity index (χ1v) is 13.4. The van der Waals surface area contributed by atoms with Gasteiger partial charge in [0.05, 0.1) is 26.2 Å². The number of hydrogen-bond donors (Lipinski definition) is 7. The molecule has 0 radical (unpaired) electrons. The number of fused-ring (bicyclic) bond motifs is 1. The van der Waals surface area contributed by atoms with Crippen molar-refractivity contribution in [3.63, 3.8) is 0 Å². The lowest BCUT2D eigenvalue weighted by Gasteiger charge is -2.42. The fourth-order valence-corrected chi connectivity index (χ4v) is 5.11. The van der Waals surface area contributed by atoms with Crippen LogP contribution in [0.4, 0.5) is 0 Å². The van der Waals surface area contributed by atoms with E-state index in [2.05, 4.69) is 0 Å². The molecule has 0 unspecified atom stereocenters. The zero-order chi connectivity index (χ0) is 30.3. The lowest BCUT2D eigenvalue weighted by atomic mass is 9.95. The minimum Gasteiger partial charge on any atom is -0.507 e. The first-order chi connectivity index (χ1) is 20.0. The topological polar surface area (TPSA) is 214 Å². The van der Waals surface area contributed by atoms with Crippen molar-refractivity contribution < 1.29 is 69.0 Å². The second-order valence-corrected chi connectivity index (χ2v) is 10.5. The summed E-state index contributed by atoms with van der Waals surface area (Å²) in [4.78, 5) is 12.9. The third-order valence-corrected chi connectivity index (χ3v) is 7.62. The fourth-order valence-electron chi connectivity index (χ4n) is 5.11. The van der Waals surface area contributed by atoms with Crippen LogP contribution in [-0.2, 0) is 14.2 Å². The maximum atomic E-state index is 12.9. The van der Waals surface area contributed by atoms with E-state index in [1.54, 1.807) is 24.3 Å². The number of phenolic OH excluding ortho intramolecular Hbond substituents is 1. The smallest absolute Gasteiger partial charge is 0.229 e. The Hall–Kier alpha value is -3.05. The highest BCUT2D eigenvalue weighted by molar-refractivity contribution is 6.02. The summed E-state index contributed by atoms with van der Waals surface area (Å²) < 4.78 is 33.4. The maximum Gasteiger partial charge on any atom is 0.229 e. The number of ether oxygens (including phenoxy) is 6. The lowest BCUT2D eigenvalue weighted by Crippen LogP contribution is -2.61. The third kappa shape index (κ3) is 5.90. The summed E-state index contributed by atoms with van der Waals surface area (Å²) >= 11 is 0. The van der Waals surface area contributed by atoms with Gasteiger partial charge in [0.25, 0.3) is 0 Å². The van der Waals surface area contributed by atoms with Crippen LogP contribution in [0.15, 0.2) is 36.4 Å². The standard InChI is InChI=1S/C28H34O14/c1-11-21(31)23(33)25(35)27(39-11)38-10-19-22(32)24(34)26(36)28(42-19)40-14-7-15(29)20-16(30)9-17(41-18(20)8-14)12-3-5-13(37-2)6-4-12/h3-8,11,17,19,21-29,31-36H,9-10H2,1-2H3/t11-,17-,19+,21-,22+,23+,24+,25+,26-,27+,28+/m0/s1. The molecular formula is C28H34O14. The fraction of sp³-hybridized carbons (Fsp3) is 0.536. The quantitative estimate of drug-likeness (QED) is 0.208. The number of aliphatic hydroxyl groups excluding tert-OH is 6. The molecule has 14 nitrogen and oxygen atoms in total. The van der Waals surface area contributed by atoms with Gasteiger partial charge in [-0.3, -0.25) is 4.79 Å². The van der Waals surface area contributed by atoms with Crippen LogP contribution in [0.3, 0.4) is 0 Å². The highest BCUT2D eigenvalue weighted by Crippen LogP contribution is 2.42. The normalized spacial score (nSPS) is 36.6. The van der Waals surface area contributed by atoms with Gasteiger partial charge in [0.15, 0.2) is 12.1 Å². The molecule has 7 N–H and O–H groups in total. The molecule has 2 fully saturated rings. The summed E-state index contributed by atoms with van der Waals surface area (Å²) in [5, 5.41) is 72.1. The first-order valence-electron chi connectivity index (χ1n) is 13.4. The summed E-state index contributed by atoms with van der Waals surface area (Å²) in [6, 6.07) is 9.43. The summed E-state index contributed by atoms with van der Waals surface area (Å²) in [5.41, 5.74) is 0.668. The molecule has 0 bridgehead atoms. The number of aromatic hydroxyl groups is 1. The average molecular weight is 595 g/mol. The predicted octanol–water partition coefficient (Wildman–Crippen LogP) is -0.862. The van der Waals surface area contributed by atoms with Crippen molar-refractivity contribution in [2.75, 3.05) is 13.7 Å². The molecule has 0 aromatic heterocycles. The largest absolute Gasteiger partial charge is 0.507 e. The van der Waals surface area contributed by atoms with E-state index in [0.29, 0.717) is 11.3 Å². The number of methoxy groups -OCH3 is 1. The Bertz CT molecular complexity index is 1250. The molecule has 0 amide bonds. The molecule has 0 saturated carbocycles. The van der Waals surface area contributed by atoms with E-state index < -0.39 is 79.9 Å². The van der Waals surface area contributed by atoms with Gasteiger partial charge in [-0.15, -0.1) is 0 Å². The van der Waals surface area contributed by atoms with E-state index in [1.807, 2.05) is 0 Å². The summed E-state index contributed by atoms with van der Waals surface area (Å²) in [5.74, 6) is -0.190. The summed E-state index contributed by atoms with van der Waals surface area (Å²) in [6.07, 6.45) is -15.4. The Morgan fingerprint density at radius 3 is 2.19 bits per heavy atom. The Labute approximate surface area is 240 Å². The van der Waals surface area contributed by atoms with Crippen LogP contribution < -0.4 is 14.2 Å². The molecular weight excluding hydrogens is 560 g/mol. The number of carbonyl (C=O) groups excluding carboxylic acids is 1. The van der Waals surface area contributed by atoms with E-state index in [1.165, 1.54) is 20.1 Å². The lowest BCUT2D eigenvalue weighted by molar-refractivity contribution is -0.318. The third-order valence-electron chi connectivity index (χ3n) is 7.62. The van der Waals surface area contributed by atoms with Gasteiger partial charge in [-0.25, -0.2) is 0 Å². The van der Waals surface area contributed by atoms with Crippen LogP contribution >= 0.6 is 0 Å². The molecule has 5 rings (SSSR count). The van der Waals surface area contributed by atoms with Crippen molar-refractivity contribution in [3.05, 3.63) is 47.5 Å². The zero-order valence-corrected chi connectivity index (χ0v) is 22.7. The first kappa shape index (κ1) is 30.4. The molecule has 42 heavy (non-hydrogen) atoms. The minimum absolute atomic E-state index is 0.0164. The van der Waals surface area contributed by atoms with Crippen molar-refractivity contribution >= 4 is 5.78 Å². The van der Waals surface area contributed by atoms with Crippen molar-refractivity contribution in [1.82, 2.24) is 0 Å². The van der Waals surface area contributed by atoms with Crippen molar-refractivity contribution in [1.29, 1.82) is 0 Å². The van der Waals surface area contributed by atoms with E-state index in [9.17, 15) is 40.5 Å². The van der Waals surface area contributed by atoms with Crippen LogP contribution in [-0.4, -0.2) is 117 Å². The molecule has 14 heteroatoms. The van der Waals surface area contributed by atoms with Gasteiger partial charge in [0, 0.05) is 12.1 Å². The molecule has 3 aliphatic heterocycles. The highest BCUT2D eigenvalue weighted by Gasteiger charge is 2.47. The molecule has 2 aromatic rings. The number of carbonyl (C=O) groups is 1. The predicted molar refractivity (Wildman–Crippen MR) is 139 cm³/mol. The number of hydrogen-bond acceptors (Lipinski definition) is 14. The van der Waals surface area contributed by atoms with Gasteiger partial charge in [-0.1, -0.05) is 12.1 Å². The van der Waals surface area contributed by atoms with Crippen LogP contribution in [0, 0.1) is 0 Å². The van der Waals surface area contributed by atoms with Gasteiger partial charge in [0.2, 0.25) is 6.29 Å². The molecule has 230 valence electrons. The van der Waals surface area contributed by atoms with Gasteiger partial charge < -0.3 is 64.2 Å². The Kier molecular flexibility index (Phi) is 8.89. The van der Waals surface area contributed by atoms with Crippen molar-refractivity contribution in [2.24, 2.45) is 0 Å². The maximum absolute atomic E-state index is 12.9. The van der Waals surface area contributed by atoms with Crippen LogP contribution in [0.1, 0.15) is 35.4 Å². The highest BCUT2D eigenvalue weighted by atomic mass is 16.7. The SMILES string of the molecule is COc1ccc([C@@H]2CC(=O)c3c(O)cc(O[C@@H]4O[C@H](CO[C@@H]5O[C@@H](C)[C@H](O)[C@@H](O)[C@H]5O)[C@@H](O)[C@@H](O)[C@@H]4O)cc3O2)cc1. The van der Waals surface area contributed by atoms with Crippen molar-refractivity contribution in [2.45, 2.75) is 80.9 Å². The summed E-state index contributed by atoms with van der Waals surface area (Å²) in [7, 11) is 1.53. The van der Waals surface area contributed by atoms with Crippen LogP contribution in [0.5, 0.6) is 23.0 Å². The average Bonchev–Trinajstić information content (AvgIpc) is 2.97. The second-order valence-electron chi connectivity index (χ2n) is 10.5. The van der Waals surface area contributed by atoms with E-state index >= 15 is 0 Å². The Morgan fingerprint density at radius 2 is 1.50 bits per heavy atom. The number of benzene rings is 2. The van der Waals surface area contributed by atoms with Gasteiger partial charge >= 0.3 is 0 Å². The second kappa shape index (κ2) is 12.3. The number of rotatable bonds is 7. The summed E-state index contributed by atoms with van der Waals surface area (Å²) in [6.45, 7) is 0.995. The van der Waals surface area contributed by atoms with E-state index in [0.717, 1.165) is 6.07 Å².